The first-order valence-corrected chi connectivity index (χ1v) is 9.40. The lowest BCUT2D eigenvalue weighted by molar-refractivity contribution is -0.125. The van der Waals surface area contributed by atoms with Crippen molar-refractivity contribution in [1.29, 1.82) is 0 Å². The van der Waals surface area contributed by atoms with Gasteiger partial charge in [-0.25, -0.2) is 8.42 Å². The number of carbonyl (C=O) groups is 1. The van der Waals surface area contributed by atoms with Crippen LogP contribution in [0.1, 0.15) is 12.8 Å². The fourth-order valence-corrected chi connectivity index (χ4v) is 5.09. The fraction of sp³-hybridized carbons (Fsp3) is 0.400. The molecule has 23 heavy (non-hydrogen) atoms. The monoisotopic (exact) mass is 376 g/mol. The summed E-state index contributed by atoms with van der Waals surface area (Å²) in [4.78, 5) is 11.9. The highest BCUT2D eigenvalue weighted by atomic mass is 35.5. The van der Waals surface area contributed by atoms with Crippen molar-refractivity contribution in [3.63, 3.8) is 0 Å². The van der Waals surface area contributed by atoms with Crippen molar-refractivity contribution in [2.24, 2.45) is 5.92 Å². The van der Waals surface area contributed by atoms with Gasteiger partial charge in [-0.3, -0.25) is 4.79 Å². The summed E-state index contributed by atoms with van der Waals surface area (Å²) < 4.78 is 26.8. The third-order valence-electron chi connectivity index (χ3n) is 3.76. The van der Waals surface area contributed by atoms with Crippen molar-refractivity contribution in [2.45, 2.75) is 17.7 Å². The van der Waals surface area contributed by atoms with Crippen LogP contribution in [0.25, 0.3) is 0 Å². The van der Waals surface area contributed by atoms with E-state index in [0.717, 1.165) is 0 Å². The van der Waals surface area contributed by atoms with E-state index in [4.69, 9.17) is 23.2 Å². The molecule has 0 aromatic heterocycles. The minimum Gasteiger partial charge on any atom is -0.352 e. The summed E-state index contributed by atoms with van der Waals surface area (Å²) in [6.07, 6.45) is 2.53. The highest BCUT2D eigenvalue weighted by molar-refractivity contribution is 7.89. The Labute approximate surface area is 146 Å². The highest BCUT2D eigenvalue weighted by Crippen LogP contribution is 2.33. The van der Waals surface area contributed by atoms with E-state index in [-0.39, 0.29) is 39.9 Å². The number of nitrogens with zero attached hydrogens (tertiary/aromatic N) is 1. The van der Waals surface area contributed by atoms with Crippen molar-refractivity contribution >= 4 is 39.1 Å². The fourth-order valence-electron chi connectivity index (χ4n) is 2.53. The minimum absolute atomic E-state index is 0.0714. The van der Waals surface area contributed by atoms with Crippen molar-refractivity contribution in [1.82, 2.24) is 9.62 Å². The number of hydrogen-bond acceptors (Lipinski definition) is 3. The first kappa shape index (κ1) is 18.3. The normalized spacial score (nSPS) is 17.0. The molecule has 0 unspecified atom stereocenters. The summed E-state index contributed by atoms with van der Waals surface area (Å²) in [6, 6.07) is 4.59. The predicted molar refractivity (Wildman–Crippen MR) is 91.2 cm³/mol. The average Bonchev–Trinajstić information content (AvgIpc) is 2.52. The predicted octanol–water partition coefficient (Wildman–Crippen LogP) is 2.70. The zero-order chi connectivity index (χ0) is 17.0. The topological polar surface area (TPSA) is 66.5 Å². The van der Waals surface area contributed by atoms with Crippen molar-refractivity contribution in [3.8, 4) is 0 Å². The number of halogens is 2. The molecule has 5 nitrogen and oxygen atoms in total. The SMILES string of the molecule is C=CCNC(=O)C1CCN(S(=O)(=O)c2c(Cl)cccc2Cl)CC1. The molecule has 0 atom stereocenters. The second-order valence-corrected chi connectivity index (χ2v) is 7.95. The van der Waals surface area contributed by atoms with E-state index >= 15 is 0 Å². The molecule has 1 aliphatic rings. The summed E-state index contributed by atoms with van der Waals surface area (Å²) >= 11 is 12.0. The Balaban J connectivity index is 2.10. The molecule has 1 heterocycles. The van der Waals surface area contributed by atoms with Gasteiger partial charge in [-0.2, -0.15) is 4.31 Å². The van der Waals surface area contributed by atoms with Gasteiger partial charge in [0.2, 0.25) is 15.9 Å². The van der Waals surface area contributed by atoms with Gasteiger partial charge < -0.3 is 5.32 Å². The van der Waals surface area contributed by atoms with Crippen LogP contribution in [-0.2, 0) is 14.8 Å². The molecule has 1 aromatic rings. The zero-order valence-corrected chi connectivity index (χ0v) is 14.8. The second-order valence-electron chi connectivity index (χ2n) is 5.26. The first-order chi connectivity index (χ1) is 10.9. The molecule has 1 N–H and O–H groups in total. The van der Waals surface area contributed by atoms with Gasteiger partial charge in [-0.05, 0) is 25.0 Å². The van der Waals surface area contributed by atoms with Crippen LogP contribution in [0.3, 0.4) is 0 Å². The highest BCUT2D eigenvalue weighted by Gasteiger charge is 2.34. The maximum atomic E-state index is 12.7. The van der Waals surface area contributed by atoms with Gasteiger partial charge >= 0.3 is 0 Å². The lowest BCUT2D eigenvalue weighted by atomic mass is 9.97. The van der Waals surface area contributed by atoms with Gasteiger partial charge in [0.15, 0.2) is 0 Å². The molecule has 1 fully saturated rings. The molecule has 0 saturated carbocycles. The van der Waals surface area contributed by atoms with Crippen LogP contribution in [0.4, 0.5) is 0 Å². The number of carbonyl (C=O) groups excluding carboxylic acids is 1. The van der Waals surface area contributed by atoms with Crippen LogP contribution in [-0.4, -0.2) is 38.3 Å². The summed E-state index contributed by atoms with van der Waals surface area (Å²) in [7, 11) is -3.77. The van der Waals surface area contributed by atoms with Crippen LogP contribution in [0.2, 0.25) is 10.0 Å². The Bertz CT molecular complexity index is 678. The molecule has 0 spiro atoms. The third kappa shape index (κ3) is 4.07. The first-order valence-electron chi connectivity index (χ1n) is 7.20. The molecule has 1 saturated heterocycles. The summed E-state index contributed by atoms with van der Waals surface area (Å²) in [5.41, 5.74) is 0. The number of sulfonamides is 1. The van der Waals surface area contributed by atoms with Crippen molar-refractivity contribution in [3.05, 3.63) is 40.9 Å². The maximum Gasteiger partial charge on any atom is 0.246 e. The Morgan fingerprint density at radius 1 is 1.30 bits per heavy atom. The zero-order valence-electron chi connectivity index (χ0n) is 12.5. The lowest BCUT2D eigenvalue weighted by Gasteiger charge is -2.30. The molecule has 1 aromatic carbocycles. The smallest absolute Gasteiger partial charge is 0.246 e. The molecule has 1 amide bonds. The number of benzene rings is 1. The molecular formula is C15H18Cl2N2O3S. The van der Waals surface area contributed by atoms with E-state index in [1.807, 2.05) is 0 Å². The van der Waals surface area contributed by atoms with E-state index in [1.165, 1.54) is 16.4 Å². The summed E-state index contributed by atoms with van der Waals surface area (Å²) in [5.74, 6) is -0.263. The second kappa shape index (κ2) is 7.66. The number of piperidine rings is 1. The molecule has 0 radical (unpaired) electrons. The third-order valence-corrected chi connectivity index (χ3v) is 6.62. The van der Waals surface area contributed by atoms with E-state index in [0.29, 0.717) is 19.4 Å². The van der Waals surface area contributed by atoms with Crippen LogP contribution < -0.4 is 5.32 Å². The van der Waals surface area contributed by atoms with Crippen molar-refractivity contribution < 1.29 is 13.2 Å². The molecule has 0 aliphatic carbocycles. The molecule has 2 rings (SSSR count). The van der Waals surface area contributed by atoms with Gasteiger partial charge in [0.1, 0.15) is 4.90 Å². The largest absolute Gasteiger partial charge is 0.352 e. The average molecular weight is 377 g/mol. The minimum atomic E-state index is -3.77. The molecule has 8 heteroatoms. The Morgan fingerprint density at radius 3 is 2.39 bits per heavy atom. The van der Waals surface area contributed by atoms with Gasteiger partial charge in [0.25, 0.3) is 0 Å². The van der Waals surface area contributed by atoms with Crippen molar-refractivity contribution in [2.75, 3.05) is 19.6 Å². The van der Waals surface area contributed by atoms with Gasteiger partial charge in [-0.15, -0.1) is 6.58 Å². The van der Waals surface area contributed by atoms with Crippen LogP contribution in [0.15, 0.2) is 35.7 Å². The van der Waals surface area contributed by atoms with E-state index in [9.17, 15) is 13.2 Å². The summed E-state index contributed by atoms with van der Waals surface area (Å²) in [6.45, 7) is 4.47. The van der Waals surface area contributed by atoms with E-state index in [2.05, 4.69) is 11.9 Å². The number of rotatable bonds is 5. The van der Waals surface area contributed by atoms with Gasteiger partial charge in [0.05, 0.1) is 10.0 Å². The lowest BCUT2D eigenvalue weighted by Crippen LogP contribution is -2.43. The Kier molecular flexibility index (Phi) is 6.08. The van der Waals surface area contributed by atoms with Crippen LogP contribution in [0, 0.1) is 5.92 Å². The number of nitrogens with one attached hydrogen (secondary N) is 1. The Hall–Kier alpha value is -1.08. The molecule has 126 valence electrons. The van der Waals surface area contributed by atoms with Gasteiger partial charge in [-0.1, -0.05) is 35.3 Å². The summed E-state index contributed by atoms with van der Waals surface area (Å²) in [5, 5.41) is 2.94. The number of amides is 1. The quantitative estimate of drug-likeness (QED) is 0.803. The molecule has 0 bridgehead atoms. The van der Waals surface area contributed by atoms with Crippen LogP contribution >= 0.6 is 23.2 Å². The standard InChI is InChI=1S/C15H18Cl2N2O3S/c1-2-8-18-15(20)11-6-9-19(10-7-11)23(21,22)14-12(16)4-3-5-13(14)17/h2-5,11H,1,6-10H2,(H,18,20). The Morgan fingerprint density at radius 2 is 1.87 bits per heavy atom. The number of hydrogen-bond donors (Lipinski definition) is 1. The van der Waals surface area contributed by atoms with E-state index < -0.39 is 10.0 Å². The maximum absolute atomic E-state index is 12.7. The molecule has 1 aliphatic heterocycles. The molecular weight excluding hydrogens is 359 g/mol. The van der Waals surface area contributed by atoms with Crippen LogP contribution in [0.5, 0.6) is 0 Å². The van der Waals surface area contributed by atoms with Gasteiger partial charge in [0, 0.05) is 25.6 Å². The van der Waals surface area contributed by atoms with E-state index in [1.54, 1.807) is 12.1 Å².